The summed E-state index contributed by atoms with van der Waals surface area (Å²) < 4.78 is 4.89. The second-order valence-corrected chi connectivity index (χ2v) is 4.09. The molecule has 0 amide bonds. The highest BCUT2D eigenvalue weighted by Crippen LogP contribution is 2.22. The topological polar surface area (TPSA) is 51.5 Å². The summed E-state index contributed by atoms with van der Waals surface area (Å²) in [6.45, 7) is 2.06. The molecule has 0 saturated carbocycles. The predicted molar refractivity (Wildman–Crippen MR) is 70.9 cm³/mol. The minimum Gasteiger partial charge on any atom is -0.462 e. The van der Waals surface area contributed by atoms with E-state index in [-0.39, 0.29) is 10.7 Å². The third-order valence-electron chi connectivity index (χ3n) is 2.47. The molecule has 18 heavy (non-hydrogen) atoms. The molecule has 94 valence electrons. The molecule has 1 aromatic heterocycles. The normalized spacial score (nSPS) is 14.2. The van der Waals surface area contributed by atoms with Crippen LogP contribution >= 0.6 is 11.6 Å². The van der Waals surface area contributed by atoms with Crippen molar-refractivity contribution in [1.82, 2.24) is 4.98 Å². The molecular weight excluding hydrogens is 252 g/mol. The molecule has 1 aromatic rings. The highest BCUT2D eigenvalue weighted by molar-refractivity contribution is 6.32. The summed E-state index contributed by atoms with van der Waals surface area (Å²) in [4.78, 5) is 20.0. The maximum Gasteiger partial charge on any atom is 0.341 e. The quantitative estimate of drug-likeness (QED) is 0.623. The van der Waals surface area contributed by atoms with Crippen molar-refractivity contribution in [3.63, 3.8) is 0 Å². The Balaban J connectivity index is 2.27. The van der Waals surface area contributed by atoms with Gasteiger partial charge in [-0.3, -0.25) is 4.99 Å². The van der Waals surface area contributed by atoms with Crippen molar-refractivity contribution < 1.29 is 9.53 Å². The zero-order chi connectivity index (χ0) is 13.0. The molecule has 2 rings (SSSR count). The fraction of sp³-hybridized carbons (Fsp3) is 0.308. The van der Waals surface area contributed by atoms with Gasteiger partial charge in [-0.15, -0.1) is 0 Å². The lowest BCUT2D eigenvalue weighted by molar-refractivity contribution is 0.0526. The van der Waals surface area contributed by atoms with Gasteiger partial charge in [0.1, 0.15) is 5.15 Å². The number of hydrogen-bond acceptors (Lipinski definition) is 4. The van der Waals surface area contributed by atoms with Crippen molar-refractivity contribution in [3.8, 4) is 0 Å². The Morgan fingerprint density at radius 2 is 2.28 bits per heavy atom. The highest BCUT2D eigenvalue weighted by atomic mass is 35.5. The Kier molecular flexibility index (Phi) is 4.10. The van der Waals surface area contributed by atoms with E-state index in [1.54, 1.807) is 19.1 Å². The largest absolute Gasteiger partial charge is 0.462 e. The van der Waals surface area contributed by atoms with Gasteiger partial charge in [0.05, 0.1) is 23.6 Å². The molecule has 0 fully saturated rings. The van der Waals surface area contributed by atoms with Crippen molar-refractivity contribution in [1.29, 1.82) is 0 Å². The molecule has 0 aliphatic carbocycles. The van der Waals surface area contributed by atoms with Crippen molar-refractivity contribution in [2.24, 2.45) is 4.99 Å². The van der Waals surface area contributed by atoms with Gasteiger partial charge in [-0.1, -0.05) is 17.7 Å². The number of pyridine rings is 1. The SMILES string of the molecule is CCOC(=O)c1ccc(C2=CCCC=N2)nc1Cl. The number of aliphatic imine (C=N–C) groups is 1. The second kappa shape index (κ2) is 5.78. The fourth-order valence-electron chi connectivity index (χ4n) is 1.62. The zero-order valence-electron chi connectivity index (χ0n) is 10.0. The van der Waals surface area contributed by atoms with Crippen LogP contribution < -0.4 is 0 Å². The van der Waals surface area contributed by atoms with E-state index in [0.717, 1.165) is 18.5 Å². The molecular formula is C13H13ClN2O2. The summed E-state index contributed by atoms with van der Waals surface area (Å²) in [5, 5.41) is 0.146. The molecule has 0 bridgehead atoms. The van der Waals surface area contributed by atoms with Crippen LogP contribution in [0.4, 0.5) is 0 Å². The van der Waals surface area contributed by atoms with E-state index in [1.165, 1.54) is 0 Å². The van der Waals surface area contributed by atoms with Gasteiger partial charge in [-0.2, -0.15) is 0 Å². The highest BCUT2D eigenvalue weighted by Gasteiger charge is 2.14. The fourth-order valence-corrected chi connectivity index (χ4v) is 1.85. The average Bonchev–Trinajstić information content (AvgIpc) is 2.40. The van der Waals surface area contributed by atoms with Crippen LogP contribution in [-0.4, -0.2) is 23.8 Å². The monoisotopic (exact) mass is 264 g/mol. The number of nitrogens with zero attached hydrogens (tertiary/aromatic N) is 2. The van der Waals surface area contributed by atoms with Crippen LogP contribution in [0.25, 0.3) is 5.70 Å². The first-order valence-corrected chi connectivity index (χ1v) is 6.17. The molecule has 0 saturated heterocycles. The number of esters is 1. The van der Waals surface area contributed by atoms with Crippen molar-refractivity contribution in [2.75, 3.05) is 6.61 Å². The van der Waals surface area contributed by atoms with E-state index >= 15 is 0 Å². The Labute approximate surface area is 110 Å². The first-order valence-electron chi connectivity index (χ1n) is 5.79. The summed E-state index contributed by atoms with van der Waals surface area (Å²) in [6, 6.07) is 3.35. The maximum atomic E-state index is 11.6. The molecule has 0 unspecified atom stereocenters. The minimum atomic E-state index is -0.456. The summed E-state index contributed by atoms with van der Waals surface area (Å²) in [5.74, 6) is -0.456. The molecule has 5 heteroatoms. The van der Waals surface area contributed by atoms with Crippen molar-refractivity contribution in [3.05, 3.63) is 34.6 Å². The van der Waals surface area contributed by atoms with Crippen molar-refractivity contribution in [2.45, 2.75) is 19.8 Å². The van der Waals surface area contributed by atoms with Crippen LogP contribution in [0.15, 0.2) is 23.2 Å². The molecule has 0 aromatic carbocycles. The van der Waals surface area contributed by atoms with Crippen LogP contribution in [0.2, 0.25) is 5.15 Å². The van der Waals surface area contributed by atoms with Crippen LogP contribution in [0, 0.1) is 0 Å². The van der Waals surface area contributed by atoms with E-state index in [1.807, 2.05) is 12.3 Å². The smallest absolute Gasteiger partial charge is 0.341 e. The van der Waals surface area contributed by atoms with Crippen LogP contribution in [0.1, 0.15) is 35.8 Å². The molecule has 1 aliphatic heterocycles. The van der Waals surface area contributed by atoms with E-state index in [4.69, 9.17) is 16.3 Å². The molecule has 0 atom stereocenters. The Hall–Kier alpha value is -1.68. The number of hydrogen-bond donors (Lipinski definition) is 0. The number of rotatable bonds is 3. The van der Waals surface area contributed by atoms with Crippen LogP contribution in [-0.2, 0) is 4.74 Å². The minimum absolute atomic E-state index is 0.146. The van der Waals surface area contributed by atoms with Gasteiger partial charge < -0.3 is 4.74 Å². The standard InChI is InChI=1S/C13H13ClN2O2/c1-2-18-13(17)9-6-7-11(16-12(9)14)10-5-3-4-8-15-10/h5-8H,2-4H2,1H3. The first kappa shape index (κ1) is 12.8. The molecule has 1 aliphatic rings. The second-order valence-electron chi connectivity index (χ2n) is 3.73. The molecule has 0 spiro atoms. The first-order chi connectivity index (χ1) is 8.72. The van der Waals surface area contributed by atoms with Gasteiger partial charge in [0.2, 0.25) is 0 Å². The van der Waals surface area contributed by atoms with Crippen molar-refractivity contribution >= 4 is 29.5 Å². The van der Waals surface area contributed by atoms with Gasteiger partial charge in [0, 0.05) is 6.21 Å². The van der Waals surface area contributed by atoms with Crippen LogP contribution in [0.3, 0.4) is 0 Å². The van der Waals surface area contributed by atoms with E-state index in [0.29, 0.717) is 12.3 Å². The molecule has 0 radical (unpaired) electrons. The summed E-state index contributed by atoms with van der Waals surface area (Å²) in [6.07, 6.45) is 5.74. The van der Waals surface area contributed by atoms with E-state index < -0.39 is 5.97 Å². The van der Waals surface area contributed by atoms with Gasteiger partial charge >= 0.3 is 5.97 Å². The van der Waals surface area contributed by atoms with Gasteiger partial charge in [0.15, 0.2) is 0 Å². The van der Waals surface area contributed by atoms with E-state index in [9.17, 15) is 4.79 Å². The number of halogens is 1. The molecule has 4 nitrogen and oxygen atoms in total. The maximum absolute atomic E-state index is 11.6. The zero-order valence-corrected chi connectivity index (χ0v) is 10.8. The number of aromatic nitrogens is 1. The van der Waals surface area contributed by atoms with Gasteiger partial charge in [-0.25, -0.2) is 9.78 Å². The lowest BCUT2D eigenvalue weighted by atomic mass is 10.1. The summed E-state index contributed by atoms with van der Waals surface area (Å²) in [7, 11) is 0. The Bertz CT molecular complexity index is 524. The summed E-state index contributed by atoms with van der Waals surface area (Å²) in [5.41, 5.74) is 1.74. The molecule has 0 N–H and O–H groups in total. The number of ether oxygens (including phenoxy) is 1. The Morgan fingerprint density at radius 1 is 1.44 bits per heavy atom. The average molecular weight is 265 g/mol. The van der Waals surface area contributed by atoms with E-state index in [2.05, 4.69) is 9.98 Å². The number of allylic oxidation sites excluding steroid dienone is 1. The lowest BCUT2D eigenvalue weighted by Gasteiger charge is -2.08. The Morgan fingerprint density at radius 3 is 2.89 bits per heavy atom. The van der Waals surface area contributed by atoms with Gasteiger partial charge in [-0.05, 0) is 31.9 Å². The molecule has 2 heterocycles. The number of carbonyl (C=O) groups excluding carboxylic acids is 1. The summed E-state index contributed by atoms with van der Waals surface area (Å²) >= 11 is 5.99. The predicted octanol–water partition coefficient (Wildman–Crippen LogP) is 3.12. The van der Waals surface area contributed by atoms with Gasteiger partial charge in [0.25, 0.3) is 0 Å². The lowest BCUT2D eigenvalue weighted by Crippen LogP contribution is -2.07. The number of carbonyl (C=O) groups is 1. The third kappa shape index (κ3) is 2.76. The third-order valence-corrected chi connectivity index (χ3v) is 2.76. The van der Waals surface area contributed by atoms with Crippen LogP contribution in [0.5, 0.6) is 0 Å².